The molecule has 4 N–H and O–H groups in total. The normalized spacial score (nSPS) is 11.2. The number of primary sulfonamides is 1. The lowest BCUT2D eigenvalue weighted by Crippen LogP contribution is -2.28. The molecule has 0 spiro atoms. The third-order valence-electron chi connectivity index (χ3n) is 2.74. The van der Waals surface area contributed by atoms with Gasteiger partial charge in [0.15, 0.2) is 0 Å². The number of hydrogen-bond acceptors (Lipinski definition) is 5. The summed E-state index contributed by atoms with van der Waals surface area (Å²) in [4.78, 5) is 16.2. The van der Waals surface area contributed by atoms with E-state index >= 15 is 0 Å². The van der Waals surface area contributed by atoms with E-state index in [4.69, 9.17) is 5.14 Å². The monoisotopic (exact) mass is 314 g/mol. The number of carbonyl (C=O) groups is 1. The smallest absolute Gasteiger partial charge is 0.254 e. The van der Waals surface area contributed by atoms with Crippen LogP contribution >= 0.6 is 0 Å². The number of aromatic nitrogens is 1. The van der Waals surface area contributed by atoms with E-state index in [9.17, 15) is 13.2 Å². The molecule has 1 heterocycles. The molecular weight excluding hydrogens is 292 g/mol. The summed E-state index contributed by atoms with van der Waals surface area (Å²) in [6, 6.07) is 1.81. The van der Waals surface area contributed by atoms with Crippen LogP contribution in [0.2, 0.25) is 0 Å². The van der Waals surface area contributed by atoms with Crippen LogP contribution in [0.15, 0.2) is 12.3 Å². The van der Waals surface area contributed by atoms with Crippen molar-refractivity contribution >= 4 is 21.6 Å². The molecule has 0 saturated heterocycles. The number of carbonyl (C=O) groups excluding carboxylic acids is 1. The molecule has 0 saturated carbocycles. The van der Waals surface area contributed by atoms with Crippen LogP contribution in [-0.4, -0.2) is 38.2 Å². The van der Waals surface area contributed by atoms with Crippen LogP contribution < -0.4 is 15.8 Å². The molecule has 0 aliphatic carbocycles. The predicted molar refractivity (Wildman–Crippen MR) is 82.7 cm³/mol. The van der Waals surface area contributed by atoms with Crippen LogP contribution in [-0.2, 0) is 10.0 Å². The second kappa shape index (κ2) is 7.94. The average Bonchev–Trinajstić information content (AvgIpc) is 2.40. The van der Waals surface area contributed by atoms with Gasteiger partial charge in [0.05, 0.1) is 17.0 Å². The van der Waals surface area contributed by atoms with Gasteiger partial charge in [0, 0.05) is 25.0 Å². The van der Waals surface area contributed by atoms with Crippen molar-refractivity contribution < 1.29 is 13.2 Å². The van der Waals surface area contributed by atoms with Gasteiger partial charge in [-0.25, -0.2) is 13.6 Å². The minimum Gasteiger partial charge on any atom is -0.384 e. The first kappa shape index (κ1) is 17.4. The Morgan fingerprint density at radius 2 is 2.10 bits per heavy atom. The van der Waals surface area contributed by atoms with Gasteiger partial charge < -0.3 is 10.6 Å². The zero-order chi connectivity index (χ0) is 15.9. The molecule has 8 heteroatoms. The molecular formula is C13H22N4O3S. The third-order valence-corrected chi connectivity index (χ3v) is 3.60. The number of nitrogens with one attached hydrogen (secondary N) is 2. The molecule has 0 aromatic carbocycles. The minimum atomic E-state index is -3.49. The molecule has 0 bridgehead atoms. The molecule has 1 aromatic rings. The molecule has 21 heavy (non-hydrogen) atoms. The fourth-order valence-electron chi connectivity index (χ4n) is 1.72. The lowest BCUT2D eigenvalue weighted by atomic mass is 10.2. The molecule has 0 aliphatic heterocycles. The molecule has 118 valence electrons. The largest absolute Gasteiger partial charge is 0.384 e. The van der Waals surface area contributed by atoms with Gasteiger partial charge in [0.25, 0.3) is 5.91 Å². The molecule has 0 fully saturated rings. The number of anilines is 1. The van der Waals surface area contributed by atoms with Gasteiger partial charge in [0.1, 0.15) is 0 Å². The summed E-state index contributed by atoms with van der Waals surface area (Å²) in [6.07, 6.45) is 2.74. The van der Waals surface area contributed by atoms with E-state index in [1.807, 2.05) is 19.9 Å². The van der Waals surface area contributed by atoms with E-state index < -0.39 is 10.0 Å². The van der Waals surface area contributed by atoms with Crippen LogP contribution in [0.4, 0.5) is 5.69 Å². The van der Waals surface area contributed by atoms with Gasteiger partial charge in [-0.05, 0) is 25.8 Å². The first-order chi connectivity index (χ1) is 9.83. The van der Waals surface area contributed by atoms with Gasteiger partial charge in [0.2, 0.25) is 10.0 Å². The number of aryl methyl sites for hydroxylation is 1. The van der Waals surface area contributed by atoms with Crippen LogP contribution in [0.1, 0.15) is 35.8 Å². The second-order valence-electron chi connectivity index (χ2n) is 4.77. The lowest BCUT2D eigenvalue weighted by molar-refractivity contribution is 0.0954. The van der Waals surface area contributed by atoms with Crippen molar-refractivity contribution in [2.24, 2.45) is 5.14 Å². The van der Waals surface area contributed by atoms with Crippen LogP contribution in [0.5, 0.6) is 0 Å². The Balaban J connectivity index is 2.64. The highest BCUT2D eigenvalue weighted by molar-refractivity contribution is 7.89. The van der Waals surface area contributed by atoms with Gasteiger partial charge in [-0.1, -0.05) is 6.92 Å². The highest BCUT2D eigenvalue weighted by atomic mass is 32.2. The first-order valence-corrected chi connectivity index (χ1v) is 8.54. The van der Waals surface area contributed by atoms with E-state index in [2.05, 4.69) is 15.6 Å². The molecule has 7 nitrogen and oxygen atoms in total. The standard InChI is InChI=1S/C13H22N4O3S/c1-3-5-15-12-8-10(2)17-9-11(12)13(18)16-6-4-7-21(14,19)20/h8-9H,3-7H2,1-2H3,(H,15,17)(H,16,18)(H2,14,19,20). The topological polar surface area (TPSA) is 114 Å². The molecule has 1 amide bonds. The van der Waals surface area contributed by atoms with Crippen LogP contribution in [0.25, 0.3) is 0 Å². The highest BCUT2D eigenvalue weighted by Crippen LogP contribution is 2.15. The van der Waals surface area contributed by atoms with E-state index in [0.717, 1.165) is 24.3 Å². The maximum Gasteiger partial charge on any atom is 0.254 e. The summed E-state index contributed by atoms with van der Waals surface area (Å²) in [6.45, 7) is 4.89. The molecule has 0 radical (unpaired) electrons. The van der Waals surface area contributed by atoms with Gasteiger partial charge >= 0.3 is 0 Å². The summed E-state index contributed by atoms with van der Waals surface area (Å²) >= 11 is 0. The fraction of sp³-hybridized carbons (Fsp3) is 0.538. The number of amides is 1. The number of hydrogen-bond donors (Lipinski definition) is 3. The van der Waals surface area contributed by atoms with Crippen LogP contribution in [0, 0.1) is 6.92 Å². The van der Waals surface area contributed by atoms with Crippen molar-refractivity contribution in [2.45, 2.75) is 26.7 Å². The van der Waals surface area contributed by atoms with E-state index in [1.165, 1.54) is 6.20 Å². The number of pyridine rings is 1. The lowest BCUT2D eigenvalue weighted by Gasteiger charge is -2.12. The Labute approximate surface area is 125 Å². The first-order valence-electron chi connectivity index (χ1n) is 6.82. The molecule has 0 aliphatic rings. The highest BCUT2D eigenvalue weighted by Gasteiger charge is 2.12. The van der Waals surface area contributed by atoms with E-state index in [1.54, 1.807) is 0 Å². The van der Waals surface area contributed by atoms with Crippen molar-refractivity contribution in [3.63, 3.8) is 0 Å². The van der Waals surface area contributed by atoms with Crippen LogP contribution in [0.3, 0.4) is 0 Å². The van der Waals surface area contributed by atoms with Gasteiger partial charge in [-0.15, -0.1) is 0 Å². The van der Waals surface area contributed by atoms with Crippen molar-refractivity contribution in [3.8, 4) is 0 Å². The molecule has 0 unspecified atom stereocenters. The summed E-state index contributed by atoms with van der Waals surface area (Å²) in [7, 11) is -3.49. The Kier molecular flexibility index (Phi) is 6.57. The number of sulfonamides is 1. The maximum atomic E-state index is 12.1. The Morgan fingerprint density at radius 1 is 1.38 bits per heavy atom. The molecule has 1 aromatic heterocycles. The Bertz CT molecular complexity index is 587. The summed E-state index contributed by atoms with van der Waals surface area (Å²) in [5, 5.41) is 10.8. The zero-order valence-electron chi connectivity index (χ0n) is 12.3. The van der Waals surface area contributed by atoms with Crippen molar-refractivity contribution in [1.29, 1.82) is 0 Å². The summed E-state index contributed by atoms with van der Waals surface area (Å²) < 4.78 is 21.6. The zero-order valence-corrected chi connectivity index (χ0v) is 13.2. The van der Waals surface area contributed by atoms with Crippen molar-refractivity contribution in [2.75, 3.05) is 24.2 Å². The quantitative estimate of drug-likeness (QED) is 0.609. The summed E-state index contributed by atoms with van der Waals surface area (Å²) in [5.41, 5.74) is 2.00. The minimum absolute atomic E-state index is 0.152. The number of nitrogens with two attached hydrogens (primary N) is 1. The predicted octanol–water partition coefficient (Wildman–Crippen LogP) is 0.620. The fourth-order valence-corrected chi connectivity index (χ4v) is 2.26. The second-order valence-corrected chi connectivity index (χ2v) is 6.51. The number of rotatable bonds is 8. The SMILES string of the molecule is CCCNc1cc(C)ncc1C(=O)NCCCS(N)(=O)=O. The van der Waals surface area contributed by atoms with E-state index in [0.29, 0.717) is 5.56 Å². The third kappa shape index (κ3) is 6.54. The van der Waals surface area contributed by atoms with Gasteiger partial charge in [-0.2, -0.15) is 0 Å². The maximum absolute atomic E-state index is 12.1. The Hall–Kier alpha value is -1.67. The van der Waals surface area contributed by atoms with Crippen molar-refractivity contribution in [3.05, 3.63) is 23.5 Å². The van der Waals surface area contributed by atoms with E-state index in [-0.39, 0.29) is 24.6 Å². The number of nitrogens with zero attached hydrogens (tertiary/aromatic N) is 1. The molecule has 0 atom stereocenters. The van der Waals surface area contributed by atoms with Gasteiger partial charge in [-0.3, -0.25) is 9.78 Å². The van der Waals surface area contributed by atoms with Crippen molar-refractivity contribution in [1.82, 2.24) is 10.3 Å². The molecule has 1 rings (SSSR count). The Morgan fingerprint density at radius 3 is 2.71 bits per heavy atom. The summed E-state index contributed by atoms with van der Waals surface area (Å²) in [5.74, 6) is -0.434. The average molecular weight is 314 g/mol.